The highest BCUT2D eigenvalue weighted by molar-refractivity contribution is 5.84. The zero-order valence-corrected chi connectivity index (χ0v) is 10.3. The Balaban J connectivity index is 2.36. The van der Waals surface area contributed by atoms with Gasteiger partial charge in [0, 0.05) is 5.69 Å². The topological polar surface area (TPSA) is 78.6 Å². The van der Waals surface area contributed by atoms with Crippen molar-refractivity contribution in [2.45, 2.75) is 18.4 Å². The second kappa shape index (κ2) is 5.37. The van der Waals surface area contributed by atoms with Crippen LogP contribution < -0.4 is 16.0 Å². The second-order valence-electron chi connectivity index (χ2n) is 4.53. The van der Waals surface area contributed by atoms with Crippen LogP contribution >= 0.6 is 0 Å². The van der Waals surface area contributed by atoms with Crippen molar-refractivity contribution in [3.05, 3.63) is 30.3 Å². The van der Waals surface area contributed by atoms with Crippen LogP contribution in [0.5, 0.6) is 0 Å². The molecule has 1 aromatic rings. The second-order valence-corrected chi connectivity index (χ2v) is 4.53. The van der Waals surface area contributed by atoms with Crippen molar-refractivity contribution in [1.82, 2.24) is 5.32 Å². The number of piperidine rings is 1. The lowest BCUT2D eigenvalue weighted by Gasteiger charge is -2.44. The van der Waals surface area contributed by atoms with E-state index >= 15 is 0 Å². The fourth-order valence-electron chi connectivity index (χ4n) is 2.57. The minimum atomic E-state index is -0.888. The van der Waals surface area contributed by atoms with E-state index in [0.717, 1.165) is 5.69 Å². The molecule has 2 rings (SSSR count). The van der Waals surface area contributed by atoms with Crippen LogP contribution in [0.2, 0.25) is 0 Å². The fourth-order valence-corrected chi connectivity index (χ4v) is 2.57. The molecular weight excluding hydrogens is 230 g/mol. The zero-order chi connectivity index (χ0) is 13.0. The van der Waals surface area contributed by atoms with Gasteiger partial charge in [-0.1, -0.05) is 18.2 Å². The molecular formula is C13H19N3O2. The van der Waals surface area contributed by atoms with Gasteiger partial charge in [-0.25, -0.2) is 4.79 Å². The molecule has 0 bridgehead atoms. The van der Waals surface area contributed by atoms with Crippen molar-refractivity contribution < 1.29 is 9.90 Å². The minimum absolute atomic E-state index is 0.205. The molecule has 0 radical (unpaired) electrons. The van der Waals surface area contributed by atoms with Gasteiger partial charge >= 0.3 is 5.97 Å². The molecule has 0 amide bonds. The number of nitrogens with zero attached hydrogens (tertiary/aromatic N) is 1. The Morgan fingerprint density at radius 3 is 2.44 bits per heavy atom. The van der Waals surface area contributed by atoms with Gasteiger partial charge in [0.15, 0.2) is 0 Å². The maximum Gasteiger partial charge on any atom is 0.329 e. The molecule has 0 aliphatic carbocycles. The Morgan fingerprint density at radius 1 is 1.33 bits per heavy atom. The summed E-state index contributed by atoms with van der Waals surface area (Å²) in [5.74, 6) is -0.793. The number of carbonyl (C=O) groups is 1. The molecule has 5 nitrogen and oxygen atoms in total. The van der Waals surface area contributed by atoms with Crippen LogP contribution in [0.3, 0.4) is 0 Å². The smallest absolute Gasteiger partial charge is 0.329 e. The van der Waals surface area contributed by atoms with E-state index in [4.69, 9.17) is 5.73 Å². The Bertz CT molecular complexity index is 402. The van der Waals surface area contributed by atoms with Crippen LogP contribution in [0, 0.1) is 0 Å². The summed E-state index contributed by atoms with van der Waals surface area (Å²) in [6.45, 7) is 1.61. The van der Waals surface area contributed by atoms with Gasteiger partial charge in [0.05, 0.1) is 6.67 Å². The quantitative estimate of drug-likeness (QED) is 0.682. The number of aliphatic carboxylic acids is 1. The Kier molecular flexibility index (Phi) is 3.84. The summed E-state index contributed by atoms with van der Waals surface area (Å²) in [5, 5.41) is 12.8. The Hall–Kier alpha value is -1.59. The number of nitrogens with one attached hydrogen (secondary N) is 1. The summed E-state index contributed by atoms with van der Waals surface area (Å²) in [6.07, 6.45) is 1.13. The van der Waals surface area contributed by atoms with E-state index < -0.39 is 11.5 Å². The number of carboxylic acid groups (broad SMARTS) is 1. The van der Waals surface area contributed by atoms with Crippen molar-refractivity contribution in [1.29, 1.82) is 0 Å². The number of nitrogens with two attached hydrogens (primary N) is 1. The van der Waals surface area contributed by atoms with E-state index in [-0.39, 0.29) is 6.67 Å². The molecule has 0 atom stereocenters. The van der Waals surface area contributed by atoms with Gasteiger partial charge in [0.25, 0.3) is 0 Å². The number of anilines is 1. The molecule has 1 aliphatic rings. The third-order valence-electron chi connectivity index (χ3n) is 3.60. The van der Waals surface area contributed by atoms with Gasteiger partial charge < -0.3 is 21.1 Å². The number of hydrogen-bond acceptors (Lipinski definition) is 4. The molecule has 1 fully saturated rings. The van der Waals surface area contributed by atoms with Crippen LogP contribution in [-0.4, -0.2) is 36.4 Å². The van der Waals surface area contributed by atoms with E-state index in [1.807, 2.05) is 30.3 Å². The average Bonchev–Trinajstić information content (AvgIpc) is 2.41. The average molecular weight is 249 g/mol. The van der Waals surface area contributed by atoms with Gasteiger partial charge in [-0.3, -0.25) is 0 Å². The summed E-state index contributed by atoms with van der Waals surface area (Å²) in [7, 11) is 0. The largest absolute Gasteiger partial charge is 0.479 e. The summed E-state index contributed by atoms with van der Waals surface area (Å²) in [5.41, 5.74) is 5.78. The van der Waals surface area contributed by atoms with Crippen molar-refractivity contribution in [2.75, 3.05) is 24.7 Å². The van der Waals surface area contributed by atoms with Crippen LogP contribution in [0.15, 0.2) is 30.3 Å². The van der Waals surface area contributed by atoms with Crippen molar-refractivity contribution >= 4 is 11.7 Å². The van der Waals surface area contributed by atoms with Crippen LogP contribution in [0.4, 0.5) is 5.69 Å². The maximum absolute atomic E-state index is 11.7. The number of hydrogen-bond donors (Lipinski definition) is 3. The highest BCUT2D eigenvalue weighted by Crippen LogP contribution is 2.31. The van der Waals surface area contributed by atoms with Gasteiger partial charge in [0.1, 0.15) is 5.54 Å². The van der Waals surface area contributed by atoms with E-state index in [0.29, 0.717) is 25.9 Å². The summed E-state index contributed by atoms with van der Waals surface area (Å²) >= 11 is 0. The van der Waals surface area contributed by atoms with Crippen LogP contribution in [-0.2, 0) is 4.79 Å². The number of rotatable bonds is 4. The SMILES string of the molecule is NCN(c1ccccc1)C1(C(=O)O)CCNCC1. The van der Waals surface area contributed by atoms with Gasteiger partial charge in [0.2, 0.25) is 0 Å². The first kappa shape index (κ1) is 12.9. The minimum Gasteiger partial charge on any atom is -0.479 e. The summed E-state index contributed by atoms with van der Waals surface area (Å²) in [6, 6.07) is 9.51. The fraction of sp³-hybridized carbons (Fsp3) is 0.462. The molecule has 1 saturated heterocycles. The third-order valence-corrected chi connectivity index (χ3v) is 3.60. The monoisotopic (exact) mass is 249 g/mol. The lowest BCUT2D eigenvalue weighted by Crippen LogP contribution is -2.61. The van der Waals surface area contributed by atoms with Crippen LogP contribution in [0.25, 0.3) is 0 Å². The van der Waals surface area contributed by atoms with E-state index in [9.17, 15) is 9.90 Å². The molecule has 98 valence electrons. The maximum atomic E-state index is 11.7. The molecule has 1 heterocycles. The van der Waals surface area contributed by atoms with Crippen molar-refractivity contribution in [2.24, 2.45) is 5.73 Å². The highest BCUT2D eigenvalue weighted by Gasteiger charge is 2.44. The Labute approximate surface area is 107 Å². The predicted octanol–water partition coefficient (Wildman–Crippen LogP) is 0.616. The number of para-hydroxylation sites is 1. The molecule has 0 spiro atoms. The first-order valence-electron chi connectivity index (χ1n) is 6.17. The van der Waals surface area contributed by atoms with Gasteiger partial charge in [-0.2, -0.15) is 0 Å². The molecule has 18 heavy (non-hydrogen) atoms. The number of carboxylic acids is 1. The van der Waals surface area contributed by atoms with Crippen molar-refractivity contribution in [3.8, 4) is 0 Å². The van der Waals surface area contributed by atoms with E-state index in [2.05, 4.69) is 5.32 Å². The summed E-state index contributed by atoms with van der Waals surface area (Å²) < 4.78 is 0. The van der Waals surface area contributed by atoms with Gasteiger partial charge in [-0.15, -0.1) is 0 Å². The molecule has 5 heteroatoms. The standard InChI is InChI=1S/C13H19N3O2/c14-10-16(11-4-2-1-3-5-11)13(12(17)18)6-8-15-9-7-13/h1-5,15H,6-10,14H2,(H,17,18). The Morgan fingerprint density at radius 2 is 1.94 bits per heavy atom. The predicted molar refractivity (Wildman–Crippen MR) is 70.4 cm³/mol. The third kappa shape index (κ3) is 2.19. The first-order valence-corrected chi connectivity index (χ1v) is 6.17. The van der Waals surface area contributed by atoms with E-state index in [1.165, 1.54) is 0 Å². The lowest BCUT2D eigenvalue weighted by atomic mass is 9.86. The first-order chi connectivity index (χ1) is 8.70. The lowest BCUT2D eigenvalue weighted by molar-refractivity contribution is -0.144. The number of benzene rings is 1. The molecule has 1 aromatic carbocycles. The van der Waals surface area contributed by atoms with E-state index in [1.54, 1.807) is 4.90 Å². The molecule has 4 N–H and O–H groups in total. The highest BCUT2D eigenvalue weighted by atomic mass is 16.4. The van der Waals surface area contributed by atoms with Crippen molar-refractivity contribution in [3.63, 3.8) is 0 Å². The summed E-state index contributed by atoms with van der Waals surface area (Å²) in [4.78, 5) is 13.5. The molecule has 0 aromatic heterocycles. The molecule has 0 saturated carbocycles. The molecule has 1 aliphatic heterocycles. The van der Waals surface area contributed by atoms with Crippen LogP contribution in [0.1, 0.15) is 12.8 Å². The zero-order valence-electron chi connectivity index (χ0n) is 10.3. The van der Waals surface area contributed by atoms with Gasteiger partial charge in [-0.05, 0) is 38.1 Å². The molecule has 0 unspecified atom stereocenters. The normalized spacial score (nSPS) is 18.3.